The molecule has 138 valence electrons. The van der Waals surface area contributed by atoms with Crippen LogP contribution in [-0.4, -0.2) is 37.2 Å². The Bertz CT molecular complexity index is 396. The van der Waals surface area contributed by atoms with Gasteiger partial charge >= 0.3 is 0 Å². The molecule has 0 unspecified atom stereocenters. The summed E-state index contributed by atoms with van der Waals surface area (Å²) in [6.07, 6.45) is 18.7. The molecule has 1 aliphatic heterocycles. The Morgan fingerprint density at radius 1 is 1.00 bits per heavy atom. The van der Waals surface area contributed by atoms with E-state index in [1.54, 1.807) is 5.57 Å². The van der Waals surface area contributed by atoms with Crippen LogP contribution in [0.25, 0.3) is 0 Å². The van der Waals surface area contributed by atoms with Crippen LogP contribution in [0, 0.1) is 0 Å². The molecule has 5 heteroatoms. The van der Waals surface area contributed by atoms with Gasteiger partial charge in [-0.3, -0.25) is 4.55 Å². The van der Waals surface area contributed by atoms with Gasteiger partial charge in [0.05, 0.1) is 6.26 Å². The molecule has 0 bridgehead atoms. The van der Waals surface area contributed by atoms with Crippen molar-refractivity contribution in [1.82, 2.24) is 4.90 Å². The Hall–Kier alpha value is -0.550. The topological polar surface area (TPSA) is 57.6 Å². The fraction of sp³-hybridized carbons (Fsp3) is 0.889. The van der Waals surface area contributed by atoms with Gasteiger partial charge in [0, 0.05) is 13.1 Å². The molecule has 0 saturated carbocycles. The lowest BCUT2D eigenvalue weighted by Gasteiger charge is -2.14. The zero-order valence-electron chi connectivity index (χ0n) is 15.4. The Kier molecular flexibility index (Phi) is 13.5. The highest BCUT2D eigenvalue weighted by Crippen LogP contribution is 2.15. The zero-order chi connectivity index (χ0) is 17.6. The molecule has 23 heavy (non-hydrogen) atoms. The molecular formula is C18H37NO3S. The molecule has 0 aromatic carbocycles. The first-order valence-electron chi connectivity index (χ1n) is 9.16. The van der Waals surface area contributed by atoms with Crippen LogP contribution in [0.4, 0.5) is 0 Å². The van der Waals surface area contributed by atoms with Crippen LogP contribution in [0.2, 0.25) is 0 Å². The Morgan fingerprint density at radius 3 is 1.83 bits per heavy atom. The van der Waals surface area contributed by atoms with Gasteiger partial charge in [-0.2, -0.15) is 8.42 Å². The molecule has 0 amide bonds. The van der Waals surface area contributed by atoms with Crippen molar-refractivity contribution < 1.29 is 13.0 Å². The number of unbranched alkanes of at least 4 members (excludes halogenated alkanes) is 9. The van der Waals surface area contributed by atoms with Gasteiger partial charge in [0.15, 0.2) is 0 Å². The van der Waals surface area contributed by atoms with E-state index in [9.17, 15) is 8.42 Å². The molecule has 0 spiro atoms. The summed E-state index contributed by atoms with van der Waals surface area (Å²) in [5, 5.41) is 0. The zero-order valence-corrected chi connectivity index (χ0v) is 16.2. The summed E-state index contributed by atoms with van der Waals surface area (Å²) in [5.41, 5.74) is 1.56. The van der Waals surface area contributed by atoms with Gasteiger partial charge in [0.25, 0.3) is 10.1 Å². The van der Waals surface area contributed by atoms with Crippen molar-refractivity contribution in [3.63, 3.8) is 0 Å². The van der Waals surface area contributed by atoms with Gasteiger partial charge < -0.3 is 4.90 Å². The lowest BCUT2D eigenvalue weighted by atomic mass is 10.1. The minimum Gasteiger partial charge on any atom is -0.377 e. The minimum atomic E-state index is -3.67. The van der Waals surface area contributed by atoms with Crippen molar-refractivity contribution in [3.8, 4) is 0 Å². The van der Waals surface area contributed by atoms with Crippen LogP contribution in [-0.2, 0) is 10.1 Å². The maximum atomic E-state index is 9.19. The van der Waals surface area contributed by atoms with Gasteiger partial charge in [0.1, 0.15) is 0 Å². The molecule has 0 aromatic rings. The van der Waals surface area contributed by atoms with Crippen molar-refractivity contribution in [3.05, 3.63) is 11.8 Å². The van der Waals surface area contributed by atoms with E-state index in [0.717, 1.165) is 0 Å². The molecule has 1 aliphatic rings. The third-order valence-electron chi connectivity index (χ3n) is 4.00. The standard InChI is InChI=1S/C17H33N.CH4O3S/c1-3-4-5-6-7-8-9-10-11-12-14-18-15-13-17(2)16-18;1-5(2,3)4/h16H,3-15H2,1-2H3;1H3,(H,2,3,4). The summed E-state index contributed by atoms with van der Waals surface area (Å²) in [6, 6.07) is 0. The van der Waals surface area contributed by atoms with Crippen molar-refractivity contribution >= 4 is 10.1 Å². The first-order chi connectivity index (χ1) is 10.8. The summed E-state index contributed by atoms with van der Waals surface area (Å²) in [7, 11) is -3.67. The molecule has 1 rings (SSSR count). The largest absolute Gasteiger partial charge is 0.377 e. The Labute approximate surface area is 144 Å². The first-order valence-corrected chi connectivity index (χ1v) is 11.0. The summed E-state index contributed by atoms with van der Waals surface area (Å²) in [5.74, 6) is 0. The predicted molar refractivity (Wildman–Crippen MR) is 99.3 cm³/mol. The summed E-state index contributed by atoms with van der Waals surface area (Å²) >= 11 is 0. The number of nitrogens with zero attached hydrogens (tertiary/aromatic N) is 1. The van der Waals surface area contributed by atoms with Crippen LogP contribution < -0.4 is 0 Å². The average Bonchev–Trinajstić information content (AvgIpc) is 2.85. The van der Waals surface area contributed by atoms with E-state index in [1.807, 2.05) is 0 Å². The lowest BCUT2D eigenvalue weighted by molar-refractivity contribution is 0.387. The predicted octanol–water partition coefficient (Wildman–Crippen LogP) is 5.02. The normalized spacial score (nSPS) is 14.4. The highest BCUT2D eigenvalue weighted by molar-refractivity contribution is 7.85. The highest BCUT2D eigenvalue weighted by atomic mass is 32.2. The van der Waals surface area contributed by atoms with E-state index < -0.39 is 10.1 Å². The number of hydrogen-bond donors (Lipinski definition) is 1. The quantitative estimate of drug-likeness (QED) is 0.421. The van der Waals surface area contributed by atoms with Gasteiger partial charge in [0.2, 0.25) is 0 Å². The van der Waals surface area contributed by atoms with E-state index in [4.69, 9.17) is 4.55 Å². The van der Waals surface area contributed by atoms with Crippen molar-refractivity contribution in [2.45, 2.75) is 84.5 Å². The summed E-state index contributed by atoms with van der Waals surface area (Å²) in [6.45, 7) is 7.09. The maximum absolute atomic E-state index is 9.19. The first kappa shape index (κ1) is 22.4. The fourth-order valence-corrected chi connectivity index (χ4v) is 2.74. The fourth-order valence-electron chi connectivity index (χ4n) is 2.74. The SMILES string of the molecule is CCCCCCCCCCCCN1C=C(C)CC1.CS(=O)(=O)O. The van der Waals surface area contributed by atoms with E-state index in [0.29, 0.717) is 6.26 Å². The third kappa shape index (κ3) is 19.4. The molecule has 0 aliphatic carbocycles. The van der Waals surface area contributed by atoms with Crippen LogP contribution in [0.15, 0.2) is 11.8 Å². The molecule has 0 saturated heterocycles. The summed E-state index contributed by atoms with van der Waals surface area (Å²) < 4.78 is 25.9. The Morgan fingerprint density at radius 2 is 1.43 bits per heavy atom. The monoisotopic (exact) mass is 347 g/mol. The van der Waals surface area contributed by atoms with Gasteiger partial charge in [-0.05, 0) is 26.0 Å². The highest BCUT2D eigenvalue weighted by Gasteiger charge is 2.07. The molecule has 0 fully saturated rings. The van der Waals surface area contributed by atoms with Crippen LogP contribution in [0.1, 0.15) is 84.5 Å². The molecule has 1 heterocycles. The minimum absolute atomic E-state index is 0.715. The molecule has 0 atom stereocenters. The van der Waals surface area contributed by atoms with Crippen molar-refractivity contribution in [1.29, 1.82) is 0 Å². The second kappa shape index (κ2) is 13.8. The van der Waals surface area contributed by atoms with E-state index >= 15 is 0 Å². The van der Waals surface area contributed by atoms with Gasteiger partial charge in [-0.15, -0.1) is 0 Å². The van der Waals surface area contributed by atoms with Crippen molar-refractivity contribution in [2.75, 3.05) is 19.3 Å². The second-order valence-electron chi connectivity index (χ2n) is 6.68. The molecule has 4 nitrogen and oxygen atoms in total. The second-order valence-corrected chi connectivity index (χ2v) is 8.14. The molecule has 0 aromatic heterocycles. The number of hydrogen-bond acceptors (Lipinski definition) is 3. The van der Waals surface area contributed by atoms with Crippen LogP contribution in [0.3, 0.4) is 0 Å². The third-order valence-corrected chi connectivity index (χ3v) is 4.00. The maximum Gasteiger partial charge on any atom is 0.261 e. The lowest BCUT2D eigenvalue weighted by Crippen LogP contribution is -2.15. The Balaban J connectivity index is 0.000000841. The summed E-state index contributed by atoms with van der Waals surface area (Å²) in [4.78, 5) is 2.50. The van der Waals surface area contributed by atoms with E-state index in [-0.39, 0.29) is 0 Å². The molecular weight excluding hydrogens is 310 g/mol. The van der Waals surface area contributed by atoms with E-state index in [1.165, 1.54) is 83.7 Å². The van der Waals surface area contributed by atoms with Gasteiger partial charge in [-0.25, -0.2) is 0 Å². The number of rotatable bonds is 11. The molecule has 0 radical (unpaired) electrons. The smallest absolute Gasteiger partial charge is 0.261 e. The van der Waals surface area contributed by atoms with Crippen LogP contribution >= 0.6 is 0 Å². The van der Waals surface area contributed by atoms with E-state index in [2.05, 4.69) is 24.9 Å². The average molecular weight is 348 g/mol. The van der Waals surface area contributed by atoms with Crippen molar-refractivity contribution in [2.24, 2.45) is 0 Å². The van der Waals surface area contributed by atoms with Gasteiger partial charge in [-0.1, -0.05) is 70.3 Å². The van der Waals surface area contributed by atoms with Crippen LogP contribution in [0.5, 0.6) is 0 Å². The molecule has 1 N–H and O–H groups in total.